The van der Waals surface area contributed by atoms with Crippen LogP contribution in [0.25, 0.3) is 0 Å². The SMILES string of the molecule is CCNS(=O)(=O)c1ccccc1N1CCCC1. The van der Waals surface area contributed by atoms with Gasteiger partial charge in [-0.25, -0.2) is 13.1 Å². The van der Waals surface area contributed by atoms with E-state index in [2.05, 4.69) is 9.62 Å². The molecule has 0 radical (unpaired) electrons. The second-order valence-electron chi connectivity index (χ2n) is 4.16. The molecule has 1 aliphatic rings. The molecule has 5 heteroatoms. The molecule has 94 valence electrons. The summed E-state index contributed by atoms with van der Waals surface area (Å²) in [5.41, 5.74) is 0.825. The molecule has 0 aliphatic carbocycles. The van der Waals surface area contributed by atoms with Gasteiger partial charge in [0.1, 0.15) is 4.90 Å². The average molecular weight is 254 g/mol. The maximum atomic E-state index is 12.1. The Bertz CT molecular complexity index is 479. The summed E-state index contributed by atoms with van der Waals surface area (Å²) in [6.07, 6.45) is 2.27. The summed E-state index contributed by atoms with van der Waals surface area (Å²) in [7, 11) is -3.37. The van der Waals surface area contributed by atoms with E-state index in [4.69, 9.17) is 0 Å². The van der Waals surface area contributed by atoms with Crippen LogP contribution in [0.2, 0.25) is 0 Å². The monoisotopic (exact) mass is 254 g/mol. The Morgan fingerprint density at radius 1 is 1.24 bits per heavy atom. The lowest BCUT2D eigenvalue weighted by atomic mass is 10.3. The quantitative estimate of drug-likeness (QED) is 0.887. The van der Waals surface area contributed by atoms with Gasteiger partial charge in [0.2, 0.25) is 10.0 Å². The number of benzene rings is 1. The molecule has 1 fully saturated rings. The van der Waals surface area contributed by atoms with Crippen LogP contribution in [-0.2, 0) is 10.0 Å². The van der Waals surface area contributed by atoms with Crippen LogP contribution in [0.4, 0.5) is 5.69 Å². The van der Waals surface area contributed by atoms with E-state index in [1.165, 1.54) is 0 Å². The van der Waals surface area contributed by atoms with E-state index >= 15 is 0 Å². The van der Waals surface area contributed by atoms with Crippen molar-refractivity contribution in [3.8, 4) is 0 Å². The van der Waals surface area contributed by atoms with Crippen molar-refractivity contribution in [3.63, 3.8) is 0 Å². The molecule has 0 amide bonds. The summed E-state index contributed by atoms with van der Waals surface area (Å²) in [6.45, 7) is 4.09. The Hall–Kier alpha value is -1.07. The molecule has 0 unspecified atom stereocenters. The van der Waals surface area contributed by atoms with Crippen LogP contribution in [0.15, 0.2) is 29.2 Å². The number of hydrogen-bond acceptors (Lipinski definition) is 3. The van der Waals surface area contributed by atoms with E-state index in [-0.39, 0.29) is 0 Å². The first-order chi connectivity index (χ1) is 8.15. The van der Waals surface area contributed by atoms with Crippen LogP contribution in [0.3, 0.4) is 0 Å². The summed E-state index contributed by atoms with van der Waals surface area (Å²) in [5.74, 6) is 0. The molecule has 4 nitrogen and oxygen atoms in total. The largest absolute Gasteiger partial charge is 0.370 e. The zero-order valence-corrected chi connectivity index (χ0v) is 10.8. The third-order valence-corrected chi connectivity index (χ3v) is 4.53. The second kappa shape index (κ2) is 5.06. The Labute approximate surface area is 103 Å². The van der Waals surface area contributed by atoms with Gasteiger partial charge in [-0.3, -0.25) is 0 Å². The fraction of sp³-hybridized carbons (Fsp3) is 0.500. The fourth-order valence-corrected chi connectivity index (χ4v) is 3.44. The zero-order chi connectivity index (χ0) is 12.3. The predicted molar refractivity (Wildman–Crippen MR) is 68.8 cm³/mol. The van der Waals surface area contributed by atoms with Gasteiger partial charge in [0.15, 0.2) is 0 Å². The van der Waals surface area contributed by atoms with Gasteiger partial charge >= 0.3 is 0 Å². The van der Waals surface area contributed by atoms with Crippen molar-refractivity contribution in [1.82, 2.24) is 4.72 Å². The first-order valence-corrected chi connectivity index (χ1v) is 7.47. The van der Waals surface area contributed by atoms with Crippen LogP contribution in [0.5, 0.6) is 0 Å². The molecular formula is C12H18N2O2S. The van der Waals surface area contributed by atoms with Crippen molar-refractivity contribution in [2.45, 2.75) is 24.7 Å². The van der Waals surface area contributed by atoms with Crippen molar-refractivity contribution in [3.05, 3.63) is 24.3 Å². The second-order valence-corrected chi connectivity index (χ2v) is 5.90. The molecule has 17 heavy (non-hydrogen) atoms. The number of hydrogen-bond donors (Lipinski definition) is 1. The Balaban J connectivity index is 2.40. The van der Waals surface area contributed by atoms with Crippen LogP contribution in [0, 0.1) is 0 Å². The molecule has 0 atom stereocenters. The van der Waals surface area contributed by atoms with Crippen LogP contribution >= 0.6 is 0 Å². The van der Waals surface area contributed by atoms with Gasteiger partial charge in [0, 0.05) is 19.6 Å². The minimum absolute atomic E-state index is 0.392. The first kappa shape index (κ1) is 12.4. The Morgan fingerprint density at radius 2 is 1.88 bits per heavy atom. The van der Waals surface area contributed by atoms with Gasteiger partial charge in [-0.05, 0) is 25.0 Å². The lowest BCUT2D eigenvalue weighted by molar-refractivity contribution is 0.583. The molecule has 1 aromatic carbocycles. The van der Waals surface area contributed by atoms with Crippen LogP contribution < -0.4 is 9.62 Å². The number of nitrogens with one attached hydrogen (secondary N) is 1. The molecule has 1 heterocycles. The summed E-state index contributed by atoms with van der Waals surface area (Å²) in [4.78, 5) is 2.54. The van der Waals surface area contributed by atoms with Gasteiger partial charge in [-0.1, -0.05) is 19.1 Å². The Kier molecular flexibility index (Phi) is 3.69. The molecule has 1 saturated heterocycles. The molecular weight excluding hydrogens is 236 g/mol. The topological polar surface area (TPSA) is 49.4 Å². The lowest BCUT2D eigenvalue weighted by Gasteiger charge is -2.21. The number of rotatable bonds is 4. The van der Waals surface area contributed by atoms with Gasteiger partial charge in [0.25, 0.3) is 0 Å². The van der Waals surface area contributed by atoms with Crippen molar-refractivity contribution >= 4 is 15.7 Å². The Morgan fingerprint density at radius 3 is 2.53 bits per heavy atom. The minimum Gasteiger partial charge on any atom is -0.370 e. The third kappa shape index (κ3) is 2.61. The van der Waals surface area contributed by atoms with Gasteiger partial charge < -0.3 is 4.90 Å². The van der Waals surface area contributed by atoms with Gasteiger partial charge in [0.05, 0.1) is 5.69 Å². The summed E-state index contributed by atoms with van der Waals surface area (Å²) >= 11 is 0. The molecule has 0 bridgehead atoms. The van der Waals surface area contributed by atoms with Crippen molar-refractivity contribution in [2.75, 3.05) is 24.5 Å². The summed E-state index contributed by atoms with van der Waals surface area (Å²) in [5, 5.41) is 0. The molecule has 0 aromatic heterocycles. The normalized spacial score (nSPS) is 16.4. The molecule has 1 aromatic rings. The maximum absolute atomic E-state index is 12.1. The number of anilines is 1. The van der Waals surface area contributed by atoms with E-state index in [1.807, 2.05) is 12.1 Å². The molecule has 1 N–H and O–H groups in total. The molecule has 1 aliphatic heterocycles. The fourth-order valence-electron chi connectivity index (χ4n) is 2.17. The van der Waals surface area contributed by atoms with E-state index in [0.29, 0.717) is 11.4 Å². The minimum atomic E-state index is -3.37. The highest BCUT2D eigenvalue weighted by Crippen LogP contribution is 2.27. The molecule has 0 spiro atoms. The van der Waals surface area contributed by atoms with E-state index in [1.54, 1.807) is 19.1 Å². The standard InChI is InChI=1S/C12H18N2O2S/c1-2-13-17(15,16)12-8-4-3-7-11(12)14-9-5-6-10-14/h3-4,7-8,13H,2,5-6,9-10H2,1H3. The van der Waals surface area contributed by atoms with Crippen molar-refractivity contribution < 1.29 is 8.42 Å². The maximum Gasteiger partial charge on any atom is 0.242 e. The highest BCUT2D eigenvalue weighted by Gasteiger charge is 2.22. The summed E-state index contributed by atoms with van der Waals surface area (Å²) in [6, 6.07) is 7.21. The van der Waals surface area contributed by atoms with Crippen LogP contribution in [-0.4, -0.2) is 28.1 Å². The van der Waals surface area contributed by atoms with E-state index in [9.17, 15) is 8.42 Å². The highest BCUT2D eigenvalue weighted by atomic mass is 32.2. The lowest BCUT2D eigenvalue weighted by Crippen LogP contribution is -2.27. The number of nitrogens with zero attached hydrogens (tertiary/aromatic N) is 1. The number of para-hydroxylation sites is 1. The molecule has 0 saturated carbocycles. The third-order valence-electron chi connectivity index (χ3n) is 2.94. The van der Waals surface area contributed by atoms with Crippen molar-refractivity contribution in [1.29, 1.82) is 0 Å². The summed E-state index contributed by atoms with van der Waals surface area (Å²) < 4.78 is 26.7. The smallest absolute Gasteiger partial charge is 0.242 e. The zero-order valence-electron chi connectivity index (χ0n) is 10.0. The predicted octanol–water partition coefficient (Wildman–Crippen LogP) is 1.58. The average Bonchev–Trinajstić information content (AvgIpc) is 2.82. The molecule has 2 rings (SSSR count). The van der Waals surface area contributed by atoms with Crippen molar-refractivity contribution in [2.24, 2.45) is 0 Å². The van der Waals surface area contributed by atoms with Crippen LogP contribution in [0.1, 0.15) is 19.8 Å². The van der Waals surface area contributed by atoms with E-state index in [0.717, 1.165) is 31.6 Å². The highest BCUT2D eigenvalue weighted by molar-refractivity contribution is 7.89. The van der Waals surface area contributed by atoms with Gasteiger partial charge in [-0.15, -0.1) is 0 Å². The first-order valence-electron chi connectivity index (χ1n) is 5.99. The van der Waals surface area contributed by atoms with E-state index < -0.39 is 10.0 Å². The number of sulfonamides is 1. The van der Waals surface area contributed by atoms with Gasteiger partial charge in [-0.2, -0.15) is 0 Å².